The van der Waals surface area contributed by atoms with Gasteiger partial charge in [0, 0.05) is 44.6 Å². The second-order valence-corrected chi connectivity index (χ2v) is 15.6. The van der Waals surface area contributed by atoms with Gasteiger partial charge in [-0.2, -0.15) is 0 Å². The third-order valence-corrected chi connectivity index (χ3v) is 11.1. The Kier molecular flexibility index (Phi) is 17.8. The minimum absolute atomic E-state index is 0.0221. The van der Waals surface area contributed by atoms with E-state index in [-0.39, 0.29) is 44.1 Å². The lowest BCUT2D eigenvalue weighted by atomic mass is 9.82. The first kappa shape index (κ1) is 45.4. The van der Waals surface area contributed by atoms with Gasteiger partial charge >= 0.3 is 11.9 Å². The van der Waals surface area contributed by atoms with E-state index >= 15 is 0 Å². The zero-order valence-electron chi connectivity index (χ0n) is 33.9. The molecule has 3 heterocycles. The van der Waals surface area contributed by atoms with E-state index in [1.54, 1.807) is 39.0 Å². The number of carbonyl (C=O) groups excluding carboxylic acids is 3. The summed E-state index contributed by atoms with van der Waals surface area (Å²) in [5.41, 5.74) is 2.07. The lowest BCUT2D eigenvalue weighted by molar-refractivity contribution is -0.310. The Hall–Kier alpha value is -3.34. The molecule has 0 saturated carbocycles. The van der Waals surface area contributed by atoms with Crippen LogP contribution < -0.4 is 0 Å². The van der Waals surface area contributed by atoms with Crippen LogP contribution in [0.25, 0.3) is 10.9 Å². The van der Waals surface area contributed by atoms with Crippen molar-refractivity contribution in [2.75, 3.05) is 47.9 Å². The second-order valence-electron chi connectivity index (χ2n) is 15.6. The van der Waals surface area contributed by atoms with Gasteiger partial charge in [0.2, 0.25) is 0 Å². The van der Waals surface area contributed by atoms with Gasteiger partial charge in [0.05, 0.1) is 49.0 Å². The number of hydrogen-bond acceptors (Lipinski definition) is 14. The molecule has 2 aliphatic heterocycles. The molecule has 312 valence electrons. The molecule has 2 aromatic rings. The topological polar surface area (TPSA) is 177 Å². The molecule has 56 heavy (non-hydrogen) atoms. The lowest BCUT2D eigenvalue weighted by Gasteiger charge is -2.47. The molecule has 12 atom stereocenters. The number of aromatic nitrogens is 1. The maximum absolute atomic E-state index is 13.5. The van der Waals surface area contributed by atoms with Crippen LogP contribution in [0.15, 0.2) is 48.7 Å². The van der Waals surface area contributed by atoms with Crippen LogP contribution in [0.2, 0.25) is 0 Å². The maximum atomic E-state index is 13.5. The summed E-state index contributed by atoms with van der Waals surface area (Å²) in [5, 5.41) is 35.0. The lowest BCUT2D eigenvalue weighted by Crippen LogP contribution is -2.63. The van der Waals surface area contributed by atoms with E-state index in [2.05, 4.69) is 23.2 Å². The molecule has 0 bridgehead atoms. The SMILES string of the molecule is CCC(=O)O[C@@H]1CC(=O)OCCC(/C=C/Cc2ccnc3ccccc23)CN(C)C[C@H](O)[C@H](C)C[C@H](CC=O)[C@H](O[C@@H]2OC(C)[C@H](O)C(N(C)C)C2O)[C@H]1OC. The van der Waals surface area contributed by atoms with Crippen molar-refractivity contribution in [1.29, 1.82) is 0 Å². The van der Waals surface area contributed by atoms with Gasteiger partial charge in [-0.05, 0) is 82.8 Å². The number of pyridine rings is 1. The second kappa shape index (κ2) is 22.0. The van der Waals surface area contributed by atoms with Crippen LogP contribution >= 0.6 is 0 Å². The normalized spacial score (nSPS) is 33.4. The van der Waals surface area contributed by atoms with Crippen molar-refractivity contribution in [3.05, 3.63) is 54.2 Å². The van der Waals surface area contributed by atoms with Gasteiger partial charge in [-0.25, -0.2) is 0 Å². The standard InChI is InChI=1S/C42H63N3O11/c1-8-35(48)55-34-23-36(49)53-21-18-28(12-11-13-29-16-19-43-32-15-10-9-14-31(29)32)24-45(6)25-33(47)26(2)22-30(17-20-46)40(41(34)52-7)56-42-39(51)37(44(4)5)38(50)27(3)54-42/h9-12,14-16,19-20,26-28,30,33-34,37-42,47,50-51H,8,13,17-18,21-25H2,1-7H3/b12-11+/t26-,27?,28?,30+,33+,34-,37?,38+,39?,40+,41+,42+/m1/s1. The number of rotatable bonds is 11. The molecular formula is C42H63N3O11. The summed E-state index contributed by atoms with van der Waals surface area (Å²) in [6.07, 6.45) is -0.697. The van der Waals surface area contributed by atoms with Crippen molar-refractivity contribution in [2.24, 2.45) is 17.8 Å². The monoisotopic (exact) mass is 785 g/mol. The zero-order valence-corrected chi connectivity index (χ0v) is 33.9. The molecule has 1 aromatic heterocycles. The molecule has 0 spiro atoms. The van der Waals surface area contributed by atoms with Crippen molar-refractivity contribution in [2.45, 2.75) is 114 Å². The van der Waals surface area contributed by atoms with Crippen LogP contribution in [0, 0.1) is 17.8 Å². The maximum Gasteiger partial charge on any atom is 0.309 e. The molecule has 2 saturated heterocycles. The molecule has 1 aromatic carbocycles. The number of aliphatic hydroxyl groups is 3. The highest BCUT2D eigenvalue weighted by Gasteiger charge is 2.48. The van der Waals surface area contributed by atoms with E-state index < -0.39 is 72.9 Å². The summed E-state index contributed by atoms with van der Waals surface area (Å²) < 4.78 is 30.2. The first-order valence-electron chi connectivity index (χ1n) is 19.8. The average molecular weight is 786 g/mol. The quantitative estimate of drug-likeness (QED) is 0.172. The number of aldehydes is 1. The van der Waals surface area contributed by atoms with Crippen LogP contribution in [-0.4, -0.2) is 151 Å². The van der Waals surface area contributed by atoms with Crippen molar-refractivity contribution >= 4 is 29.1 Å². The number of carbonyl (C=O) groups is 3. The summed E-state index contributed by atoms with van der Waals surface area (Å²) in [4.78, 5) is 46.8. The number of ether oxygens (including phenoxy) is 5. The van der Waals surface area contributed by atoms with E-state index in [1.807, 2.05) is 43.1 Å². The van der Waals surface area contributed by atoms with E-state index in [0.717, 1.165) is 22.8 Å². The highest BCUT2D eigenvalue weighted by Crippen LogP contribution is 2.34. The van der Waals surface area contributed by atoms with Gasteiger partial charge in [-0.1, -0.05) is 44.2 Å². The molecule has 4 unspecified atom stereocenters. The van der Waals surface area contributed by atoms with Crippen LogP contribution in [0.1, 0.15) is 58.4 Å². The number of aliphatic hydroxyl groups excluding tert-OH is 3. The van der Waals surface area contributed by atoms with Gasteiger partial charge in [-0.15, -0.1) is 0 Å². The average Bonchev–Trinajstić information content (AvgIpc) is 3.15. The van der Waals surface area contributed by atoms with E-state index in [0.29, 0.717) is 25.9 Å². The van der Waals surface area contributed by atoms with Crippen LogP contribution in [-0.2, 0) is 44.5 Å². The fourth-order valence-corrected chi connectivity index (χ4v) is 7.94. The Labute approximate surface area is 331 Å². The Morgan fingerprint density at radius 1 is 1.09 bits per heavy atom. The predicted molar refractivity (Wildman–Crippen MR) is 209 cm³/mol. The molecule has 0 amide bonds. The van der Waals surface area contributed by atoms with Gasteiger partial charge in [-0.3, -0.25) is 14.6 Å². The third-order valence-electron chi connectivity index (χ3n) is 11.1. The Morgan fingerprint density at radius 3 is 2.54 bits per heavy atom. The minimum atomic E-state index is -1.32. The van der Waals surface area contributed by atoms with E-state index in [1.165, 1.54) is 7.11 Å². The van der Waals surface area contributed by atoms with Gasteiger partial charge in [0.1, 0.15) is 24.6 Å². The van der Waals surface area contributed by atoms with Crippen molar-refractivity contribution in [1.82, 2.24) is 14.8 Å². The summed E-state index contributed by atoms with van der Waals surface area (Å²) in [6, 6.07) is 9.25. The van der Waals surface area contributed by atoms with Crippen molar-refractivity contribution < 1.29 is 53.4 Å². The van der Waals surface area contributed by atoms with Gasteiger partial charge in [0.15, 0.2) is 6.29 Å². The molecule has 14 heteroatoms. The molecule has 4 rings (SSSR count). The number of nitrogens with zero attached hydrogens (tertiary/aromatic N) is 3. The van der Waals surface area contributed by atoms with Crippen LogP contribution in [0.5, 0.6) is 0 Å². The number of allylic oxidation sites excluding steroid dienone is 1. The molecule has 3 N–H and O–H groups in total. The fourth-order valence-electron chi connectivity index (χ4n) is 7.94. The summed E-state index contributed by atoms with van der Waals surface area (Å²) >= 11 is 0. The van der Waals surface area contributed by atoms with E-state index in [4.69, 9.17) is 23.7 Å². The number of para-hydroxylation sites is 1. The largest absolute Gasteiger partial charge is 0.466 e. The Morgan fingerprint density at radius 2 is 1.84 bits per heavy atom. The summed E-state index contributed by atoms with van der Waals surface area (Å²) in [6.45, 7) is 6.19. The predicted octanol–water partition coefficient (Wildman–Crippen LogP) is 2.93. The number of likely N-dealkylation sites (N-methyl/N-ethyl adjacent to an activating group) is 2. The summed E-state index contributed by atoms with van der Waals surface area (Å²) in [5.74, 6) is -2.20. The first-order chi connectivity index (χ1) is 26.8. The fraction of sp³-hybridized carbons (Fsp3) is 0.667. The van der Waals surface area contributed by atoms with Crippen LogP contribution in [0.4, 0.5) is 0 Å². The number of fused-ring (bicyclic) bond motifs is 1. The highest BCUT2D eigenvalue weighted by molar-refractivity contribution is 5.82. The summed E-state index contributed by atoms with van der Waals surface area (Å²) in [7, 11) is 6.77. The Balaban J connectivity index is 1.64. The Bertz CT molecular complexity index is 1570. The molecule has 2 fully saturated rings. The zero-order chi connectivity index (χ0) is 40.9. The number of cyclic esters (lactones) is 1. The van der Waals surface area contributed by atoms with E-state index in [9.17, 15) is 29.7 Å². The number of hydrogen-bond donors (Lipinski definition) is 3. The third kappa shape index (κ3) is 12.3. The number of esters is 2. The molecule has 14 nitrogen and oxygen atoms in total. The number of β-amino-alcohol motifs (C(OH)–C–C–N with tert-alkyl or cyclic N) is 1. The minimum Gasteiger partial charge on any atom is -0.466 e. The molecule has 0 radical (unpaired) electrons. The molecule has 2 aliphatic rings. The highest BCUT2D eigenvalue weighted by atomic mass is 16.7. The van der Waals surface area contributed by atoms with Gasteiger partial charge in [0.25, 0.3) is 0 Å². The molecular weight excluding hydrogens is 722 g/mol. The van der Waals surface area contributed by atoms with Crippen molar-refractivity contribution in [3.8, 4) is 0 Å². The number of methoxy groups -OCH3 is 1. The van der Waals surface area contributed by atoms with Gasteiger partial charge < -0.3 is 53.6 Å². The van der Waals surface area contributed by atoms with Crippen LogP contribution in [0.3, 0.4) is 0 Å². The smallest absolute Gasteiger partial charge is 0.309 e. The first-order valence-corrected chi connectivity index (χ1v) is 19.8. The van der Waals surface area contributed by atoms with Crippen molar-refractivity contribution in [3.63, 3.8) is 0 Å². The number of benzene rings is 1. The molecule has 0 aliphatic carbocycles.